The van der Waals surface area contributed by atoms with Gasteiger partial charge in [-0.3, -0.25) is 4.79 Å². The highest BCUT2D eigenvalue weighted by molar-refractivity contribution is 7.13. The van der Waals surface area contributed by atoms with E-state index in [9.17, 15) is 9.59 Å². The molecule has 1 aliphatic carbocycles. The smallest absolute Gasteiger partial charge is 0.326 e. The van der Waals surface area contributed by atoms with Crippen LogP contribution in [0.2, 0.25) is 0 Å². The summed E-state index contributed by atoms with van der Waals surface area (Å²) in [5.74, 6) is -0.933. The minimum Gasteiger partial charge on any atom is -0.480 e. The number of aromatic nitrogens is 1. The molecule has 5 nitrogen and oxygen atoms in total. The third-order valence-corrected chi connectivity index (χ3v) is 4.18. The van der Waals surface area contributed by atoms with E-state index in [4.69, 9.17) is 5.11 Å². The lowest BCUT2D eigenvalue weighted by molar-refractivity contribution is -0.139. The van der Waals surface area contributed by atoms with E-state index in [0.29, 0.717) is 4.88 Å². The second kappa shape index (κ2) is 5.06. The van der Waals surface area contributed by atoms with Gasteiger partial charge in [0.25, 0.3) is 5.91 Å². The maximum atomic E-state index is 11.9. The lowest BCUT2D eigenvalue weighted by atomic mass is 10.2. The second-order valence-corrected chi connectivity index (χ2v) is 5.91. The lowest BCUT2D eigenvalue weighted by Gasteiger charge is -2.12. The Bertz CT molecular complexity index is 466. The van der Waals surface area contributed by atoms with Gasteiger partial charge in [-0.2, -0.15) is 0 Å². The van der Waals surface area contributed by atoms with Crippen LogP contribution in [-0.4, -0.2) is 28.0 Å². The third-order valence-electron chi connectivity index (χ3n) is 2.89. The van der Waals surface area contributed by atoms with Crippen molar-refractivity contribution in [1.29, 1.82) is 0 Å². The molecule has 0 spiro atoms. The van der Waals surface area contributed by atoms with Crippen LogP contribution in [0.4, 0.5) is 0 Å². The fourth-order valence-corrected chi connectivity index (χ4v) is 2.51. The highest BCUT2D eigenvalue weighted by Gasteiger charge is 2.37. The zero-order valence-electron chi connectivity index (χ0n) is 10.3. The summed E-state index contributed by atoms with van der Waals surface area (Å²) in [6, 6.07) is -0.762. The summed E-state index contributed by atoms with van der Waals surface area (Å²) in [5, 5.41) is 12.5. The van der Waals surface area contributed by atoms with Crippen molar-refractivity contribution >= 4 is 23.2 Å². The van der Waals surface area contributed by atoms with Crippen molar-refractivity contribution in [3.63, 3.8) is 0 Å². The van der Waals surface area contributed by atoms with Gasteiger partial charge in [-0.05, 0) is 18.8 Å². The van der Waals surface area contributed by atoms with Crippen LogP contribution in [0.5, 0.6) is 0 Å². The first-order chi connectivity index (χ1) is 8.49. The Morgan fingerprint density at radius 2 is 2.17 bits per heavy atom. The highest BCUT2D eigenvalue weighted by atomic mass is 32.1. The van der Waals surface area contributed by atoms with Gasteiger partial charge in [-0.1, -0.05) is 13.8 Å². The molecule has 1 unspecified atom stereocenters. The Morgan fingerprint density at radius 1 is 1.50 bits per heavy atom. The Morgan fingerprint density at radius 3 is 2.61 bits per heavy atom. The molecule has 98 valence electrons. The van der Waals surface area contributed by atoms with Gasteiger partial charge in [0, 0.05) is 5.92 Å². The monoisotopic (exact) mass is 268 g/mol. The molecule has 2 rings (SSSR count). The number of hydrogen-bond acceptors (Lipinski definition) is 4. The first-order valence-corrected chi connectivity index (χ1v) is 6.80. The molecule has 0 aliphatic heterocycles. The van der Waals surface area contributed by atoms with Crippen molar-refractivity contribution in [2.45, 2.75) is 38.6 Å². The molecule has 1 saturated carbocycles. The number of hydrogen-bond donors (Lipinski definition) is 2. The summed E-state index contributed by atoms with van der Waals surface area (Å²) in [7, 11) is 0. The zero-order valence-corrected chi connectivity index (χ0v) is 11.2. The molecule has 18 heavy (non-hydrogen) atoms. The highest BCUT2D eigenvalue weighted by Crippen LogP contribution is 2.33. The van der Waals surface area contributed by atoms with E-state index in [0.717, 1.165) is 17.8 Å². The van der Waals surface area contributed by atoms with E-state index in [-0.39, 0.29) is 17.7 Å². The first kappa shape index (κ1) is 13.0. The average Bonchev–Trinajstić information content (AvgIpc) is 3.00. The van der Waals surface area contributed by atoms with E-state index in [1.165, 1.54) is 17.5 Å². The lowest BCUT2D eigenvalue weighted by Crippen LogP contribution is -2.42. The van der Waals surface area contributed by atoms with Gasteiger partial charge in [0.1, 0.15) is 10.9 Å². The van der Waals surface area contributed by atoms with Crippen molar-refractivity contribution in [3.8, 4) is 0 Å². The Hall–Kier alpha value is -1.43. The fraction of sp³-hybridized carbons (Fsp3) is 0.583. The minimum atomic E-state index is -0.959. The van der Waals surface area contributed by atoms with Crippen LogP contribution in [0.3, 0.4) is 0 Å². The number of rotatable bonds is 5. The van der Waals surface area contributed by atoms with Crippen LogP contribution in [0.1, 0.15) is 47.3 Å². The van der Waals surface area contributed by atoms with E-state index < -0.39 is 12.0 Å². The molecule has 6 heteroatoms. The predicted octanol–water partition coefficient (Wildman–Crippen LogP) is 1.86. The van der Waals surface area contributed by atoms with Crippen LogP contribution < -0.4 is 5.32 Å². The topological polar surface area (TPSA) is 79.3 Å². The zero-order chi connectivity index (χ0) is 13.3. The molecule has 0 saturated heterocycles. The first-order valence-electron chi connectivity index (χ1n) is 5.98. The Labute approximate surface area is 109 Å². The van der Waals surface area contributed by atoms with Gasteiger partial charge >= 0.3 is 5.97 Å². The molecular weight excluding hydrogens is 252 g/mol. The van der Waals surface area contributed by atoms with Crippen LogP contribution in [0.15, 0.2) is 6.20 Å². The number of nitrogens with zero attached hydrogens (tertiary/aromatic N) is 1. The second-order valence-electron chi connectivity index (χ2n) is 4.84. The summed E-state index contributed by atoms with van der Waals surface area (Å²) in [6.45, 7) is 4.01. The average molecular weight is 268 g/mol. The molecular formula is C12H16N2O3S. The third kappa shape index (κ3) is 2.87. The SMILES string of the molecule is CC(C)c1ncc(C(=O)NC(C(=O)O)C2CC2)s1. The van der Waals surface area contributed by atoms with Crippen molar-refractivity contribution in [2.75, 3.05) is 0 Å². The number of nitrogens with one attached hydrogen (secondary N) is 1. The van der Waals surface area contributed by atoms with Gasteiger partial charge in [0.2, 0.25) is 0 Å². The quantitative estimate of drug-likeness (QED) is 0.854. The van der Waals surface area contributed by atoms with Crippen molar-refractivity contribution in [3.05, 3.63) is 16.1 Å². The molecule has 1 fully saturated rings. The molecule has 1 heterocycles. The van der Waals surface area contributed by atoms with E-state index in [1.54, 1.807) is 0 Å². The minimum absolute atomic E-state index is 0.0870. The molecule has 0 bridgehead atoms. The molecule has 1 atom stereocenters. The van der Waals surface area contributed by atoms with Crippen LogP contribution in [0, 0.1) is 5.92 Å². The molecule has 1 amide bonds. The molecule has 1 aromatic heterocycles. The summed E-state index contributed by atoms with van der Waals surface area (Å²) < 4.78 is 0. The number of aliphatic carboxylic acids is 1. The van der Waals surface area contributed by atoms with Gasteiger partial charge in [0.15, 0.2) is 0 Å². The van der Waals surface area contributed by atoms with Crippen LogP contribution in [-0.2, 0) is 4.79 Å². The van der Waals surface area contributed by atoms with E-state index in [2.05, 4.69) is 10.3 Å². The summed E-state index contributed by atoms with van der Waals surface area (Å²) in [4.78, 5) is 27.6. The van der Waals surface area contributed by atoms with Gasteiger partial charge in [0.05, 0.1) is 11.2 Å². The summed E-state index contributed by atoms with van der Waals surface area (Å²) >= 11 is 1.32. The molecule has 2 N–H and O–H groups in total. The van der Waals surface area contributed by atoms with Gasteiger partial charge < -0.3 is 10.4 Å². The number of amides is 1. The molecule has 0 aromatic carbocycles. The van der Waals surface area contributed by atoms with E-state index >= 15 is 0 Å². The number of thiazole rings is 1. The van der Waals surface area contributed by atoms with Gasteiger partial charge in [-0.15, -0.1) is 11.3 Å². The standard InChI is InChI=1S/C12H16N2O3S/c1-6(2)11-13-5-8(18-11)10(15)14-9(12(16)17)7-3-4-7/h5-7,9H,3-4H2,1-2H3,(H,14,15)(H,16,17). The number of carbonyl (C=O) groups is 2. The Kier molecular flexibility index (Phi) is 3.65. The number of carboxylic acids is 1. The Balaban J connectivity index is 2.03. The van der Waals surface area contributed by atoms with Crippen LogP contribution >= 0.6 is 11.3 Å². The van der Waals surface area contributed by atoms with Gasteiger partial charge in [-0.25, -0.2) is 9.78 Å². The molecule has 1 aliphatic rings. The van der Waals surface area contributed by atoms with Crippen molar-refractivity contribution in [2.24, 2.45) is 5.92 Å². The normalized spacial score (nSPS) is 16.6. The maximum Gasteiger partial charge on any atom is 0.326 e. The molecule has 1 aromatic rings. The predicted molar refractivity (Wildman–Crippen MR) is 67.8 cm³/mol. The summed E-state index contributed by atoms with van der Waals surface area (Å²) in [6.07, 6.45) is 3.26. The number of carboxylic acid groups (broad SMARTS) is 1. The van der Waals surface area contributed by atoms with E-state index in [1.807, 2.05) is 13.8 Å². The summed E-state index contributed by atoms with van der Waals surface area (Å²) in [5.41, 5.74) is 0. The number of carbonyl (C=O) groups excluding carboxylic acids is 1. The van der Waals surface area contributed by atoms with Crippen LogP contribution in [0.25, 0.3) is 0 Å². The van der Waals surface area contributed by atoms with Crippen molar-refractivity contribution in [1.82, 2.24) is 10.3 Å². The maximum absolute atomic E-state index is 11.9. The van der Waals surface area contributed by atoms with Crippen molar-refractivity contribution < 1.29 is 14.7 Å². The largest absolute Gasteiger partial charge is 0.480 e. The fourth-order valence-electron chi connectivity index (χ4n) is 1.68. The molecule has 0 radical (unpaired) electrons.